The minimum absolute atomic E-state index is 0.268. The Kier molecular flexibility index (Phi) is 4.43. The number of hydrogen-bond acceptors (Lipinski definition) is 5. The van der Waals surface area contributed by atoms with Gasteiger partial charge in [-0.2, -0.15) is 0 Å². The van der Waals surface area contributed by atoms with Crippen molar-refractivity contribution in [2.45, 2.75) is 12.7 Å². The van der Waals surface area contributed by atoms with Crippen molar-refractivity contribution in [1.82, 2.24) is 4.98 Å². The maximum absolute atomic E-state index is 9.07. The molecule has 5 heteroatoms. The van der Waals surface area contributed by atoms with Crippen molar-refractivity contribution in [1.29, 1.82) is 0 Å². The molecule has 0 bridgehead atoms. The molecule has 0 aliphatic rings. The van der Waals surface area contributed by atoms with Crippen LogP contribution in [0.5, 0.6) is 0 Å². The van der Waals surface area contributed by atoms with Crippen LogP contribution in [0.3, 0.4) is 0 Å². The molecule has 0 amide bonds. The molecule has 0 fully saturated rings. The predicted molar refractivity (Wildman–Crippen MR) is 70.1 cm³/mol. The minimum atomic E-state index is -1.52. The van der Waals surface area contributed by atoms with Crippen LogP contribution < -0.4 is 0 Å². The van der Waals surface area contributed by atoms with Gasteiger partial charge in [0.15, 0.2) is 6.29 Å². The van der Waals surface area contributed by atoms with Crippen LogP contribution in [-0.2, 0) is 6.42 Å². The van der Waals surface area contributed by atoms with Gasteiger partial charge in [0.25, 0.3) is 0 Å². The lowest BCUT2D eigenvalue weighted by Crippen LogP contribution is -2.25. The van der Waals surface area contributed by atoms with Gasteiger partial charge in [0.05, 0.1) is 12.3 Å². The lowest BCUT2D eigenvalue weighted by molar-refractivity contribution is -0.0961. The molecular weight excluding hydrogens is 250 g/mol. The second-order valence-corrected chi connectivity index (χ2v) is 4.93. The molecule has 96 valence electrons. The van der Waals surface area contributed by atoms with Crippen molar-refractivity contribution < 1.29 is 15.3 Å². The molecule has 0 radical (unpaired) electrons. The maximum atomic E-state index is 9.07. The number of aromatic nitrogens is 1. The molecule has 2 aromatic rings. The molecule has 1 atom stereocenters. The van der Waals surface area contributed by atoms with Gasteiger partial charge in [-0.25, -0.2) is 4.98 Å². The summed E-state index contributed by atoms with van der Waals surface area (Å²) < 4.78 is 0. The molecular formula is C13H15NO3S. The smallest absolute Gasteiger partial charge is 0.156 e. The standard InChI is InChI=1S/C13H15NO3S/c15-7-10(13(16)17)6-11-8-18-12(14-11)9-4-2-1-3-5-9/h1-5,8,10,13,15-17H,6-7H2. The van der Waals surface area contributed by atoms with E-state index in [4.69, 9.17) is 15.3 Å². The van der Waals surface area contributed by atoms with Crippen molar-refractivity contribution in [3.63, 3.8) is 0 Å². The molecule has 18 heavy (non-hydrogen) atoms. The minimum Gasteiger partial charge on any atom is -0.396 e. The van der Waals surface area contributed by atoms with Crippen molar-refractivity contribution in [2.24, 2.45) is 5.92 Å². The van der Waals surface area contributed by atoms with Crippen LogP contribution in [-0.4, -0.2) is 33.2 Å². The number of benzene rings is 1. The molecule has 0 aliphatic carbocycles. The van der Waals surface area contributed by atoms with E-state index in [9.17, 15) is 0 Å². The fraction of sp³-hybridized carbons (Fsp3) is 0.308. The molecule has 0 spiro atoms. The molecule has 2 rings (SSSR count). The monoisotopic (exact) mass is 265 g/mol. The van der Waals surface area contributed by atoms with Crippen LogP contribution in [0.15, 0.2) is 35.7 Å². The highest BCUT2D eigenvalue weighted by atomic mass is 32.1. The summed E-state index contributed by atoms with van der Waals surface area (Å²) in [5.41, 5.74) is 1.81. The molecule has 1 unspecified atom stereocenters. The highest BCUT2D eigenvalue weighted by Gasteiger charge is 2.18. The summed E-state index contributed by atoms with van der Waals surface area (Å²) in [5.74, 6) is -0.587. The number of thiazole rings is 1. The van der Waals surface area contributed by atoms with Crippen LogP contribution in [0.2, 0.25) is 0 Å². The Hall–Kier alpha value is -1.27. The van der Waals surface area contributed by atoms with E-state index in [0.717, 1.165) is 16.3 Å². The third-order valence-corrected chi connectivity index (χ3v) is 3.64. The Morgan fingerprint density at radius 2 is 1.89 bits per heavy atom. The molecule has 0 saturated heterocycles. The number of nitrogens with zero attached hydrogens (tertiary/aromatic N) is 1. The van der Waals surface area contributed by atoms with E-state index in [1.165, 1.54) is 11.3 Å². The first-order valence-corrected chi connectivity index (χ1v) is 6.55. The Bertz CT molecular complexity index is 484. The Morgan fingerprint density at radius 1 is 1.17 bits per heavy atom. The van der Waals surface area contributed by atoms with Gasteiger partial charge in [-0.1, -0.05) is 30.3 Å². The van der Waals surface area contributed by atoms with E-state index in [-0.39, 0.29) is 6.61 Å². The topological polar surface area (TPSA) is 73.6 Å². The van der Waals surface area contributed by atoms with Crippen LogP contribution in [0.25, 0.3) is 10.6 Å². The largest absolute Gasteiger partial charge is 0.396 e. The zero-order valence-electron chi connectivity index (χ0n) is 9.73. The van der Waals surface area contributed by atoms with Crippen LogP contribution in [0.4, 0.5) is 0 Å². The van der Waals surface area contributed by atoms with Crippen molar-refractivity contribution in [2.75, 3.05) is 6.61 Å². The second-order valence-electron chi connectivity index (χ2n) is 4.07. The Labute approximate surface area is 109 Å². The van der Waals surface area contributed by atoms with Crippen LogP contribution >= 0.6 is 11.3 Å². The molecule has 0 aliphatic heterocycles. The molecule has 0 saturated carbocycles. The SMILES string of the molecule is OCC(Cc1csc(-c2ccccc2)n1)C(O)O. The zero-order valence-corrected chi connectivity index (χ0v) is 10.5. The summed E-state index contributed by atoms with van der Waals surface area (Å²) >= 11 is 1.51. The number of rotatable bonds is 5. The maximum Gasteiger partial charge on any atom is 0.156 e. The highest BCUT2D eigenvalue weighted by molar-refractivity contribution is 7.13. The van der Waals surface area contributed by atoms with Crippen molar-refractivity contribution >= 4 is 11.3 Å². The van der Waals surface area contributed by atoms with Gasteiger partial charge in [-0.3, -0.25) is 0 Å². The molecule has 1 aromatic heterocycles. The lowest BCUT2D eigenvalue weighted by atomic mass is 10.0. The quantitative estimate of drug-likeness (QED) is 0.712. The average Bonchev–Trinajstić information content (AvgIpc) is 2.85. The van der Waals surface area contributed by atoms with E-state index in [0.29, 0.717) is 6.42 Å². The first-order chi connectivity index (χ1) is 8.70. The van der Waals surface area contributed by atoms with Gasteiger partial charge in [0.1, 0.15) is 5.01 Å². The first kappa shape index (κ1) is 13.2. The summed E-state index contributed by atoms with van der Waals surface area (Å²) in [6, 6.07) is 9.80. The van der Waals surface area contributed by atoms with E-state index >= 15 is 0 Å². The summed E-state index contributed by atoms with van der Waals surface area (Å²) in [6.07, 6.45) is -1.16. The number of hydrogen-bond donors (Lipinski definition) is 3. The van der Waals surface area contributed by atoms with Gasteiger partial charge >= 0.3 is 0 Å². The highest BCUT2D eigenvalue weighted by Crippen LogP contribution is 2.24. The molecule has 1 aromatic carbocycles. The van der Waals surface area contributed by atoms with Crippen LogP contribution in [0, 0.1) is 5.92 Å². The van der Waals surface area contributed by atoms with Gasteiger partial charge in [-0.05, 0) is 0 Å². The van der Waals surface area contributed by atoms with Crippen molar-refractivity contribution in [3.05, 3.63) is 41.4 Å². The zero-order chi connectivity index (χ0) is 13.0. The van der Waals surface area contributed by atoms with Gasteiger partial charge < -0.3 is 15.3 Å². The lowest BCUT2D eigenvalue weighted by Gasteiger charge is -2.14. The third-order valence-electron chi connectivity index (χ3n) is 2.70. The summed E-state index contributed by atoms with van der Waals surface area (Å²) in [7, 11) is 0. The Morgan fingerprint density at radius 3 is 2.50 bits per heavy atom. The normalized spacial score (nSPS) is 12.9. The van der Waals surface area contributed by atoms with E-state index in [1.54, 1.807) is 0 Å². The molecule has 1 heterocycles. The van der Waals surface area contributed by atoms with E-state index < -0.39 is 12.2 Å². The number of aliphatic hydroxyl groups excluding tert-OH is 2. The number of aliphatic hydroxyl groups is 3. The van der Waals surface area contributed by atoms with E-state index in [1.807, 2.05) is 35.7 Å². The predicted octanol–water partition coefficient (Wildman–Crippen LogP) is 1.27. The summed E-state index contributed by atoms with van der Waals surface area (Å²) in [5, 5.41) is 30.0. The van der Waals surface area contributed by atoms with Gasteiger partial charge in [0, 0.05) is 23.3 Å². The van der Waals surface area contributed by atoms with Crippen LogP contribution in [0.1, 0.15) is 5.69 Å². The molecule has 4 nitrogen and oxygen atoms in total. The fourth-order valence-corrected chi connectivity index (χ4v) is 2.49. The first-order valence-electron chi connectivity index (χ1n) is 5.67. The summed E-state index contributed by atoms with van der Waals surface area (Å²) in [4.78, 5) is 4.44. The van der Waals surface area contributed by atoms with Crippen molar-refractivity contribution in [3.8, 4) is 10.6 Å². The average molecular weight is 265 g/mol. The van der Waals surface area contributed by atoms with Gasteiger partial charge in [-0.15, -0.1) is 11.3 Å². The summed E-state index contributed by atoms with van der Waals surface area (Å²) in [6.45, 7) is -0.268. The van der Waals surface area contributed by atoms with Gasteiger partial charge in [0.2, 0.25) is 0 Å². The fourth-order valence-electron chi connectivity index (χ4n) is 1.65. The molecule has 3 N–H and O–H groups in total. The Balaban J connectivity index is 2.11. The van der Waals surface area contributed by atoms with E-state index in [2.05, 4.69) is 4.98 Å². The second kappa shape index (κ2) is 6.06. The third kappa shape index (κ3) is 3.14.